The largest absolute Gasteiger partial charge is 0.368 e. The van der Waals surface area contributed by atoms with Gasteiger partial charge in [0.05, 0.1) is 23.9 Å². The number of nitrogens with one attached hydrogen (secondary N) is 1. The minimum atomic E-state index is -0.568. The summed E-state index contributed by atoms with van der Waals surface area (Å²) in [6, 6.07) is 10.8. The van der Waals surface area contributed by atoms with Crippen LogP contribution in [0.3, 0.4) is 0 Å². The second-order valence-corrected chi connectivity index (χ2v) is 5.97. The molecular formula is C18H23N5O2. The number of para-hydroxylation sites is 1. The minimum absolute atomic E-state index is 0.163. The van der Waals surface area contributed by atoms with E-state index in [1.165, 1.54) is 4.90 Å². The zero-order chi connectivity index (χ0) is 18.6. The molecule has 25 heavy (non-hydrogen) atoms. The first-order valence-electron chi connectivity index (χ1n) is 8.11. The fourth-order valence-electron chi connectivity index (χ4n) is 2.67. The molecule has 7 nitrogen and oxygen atoms in total. The van der Waals surface area contributed by atoms with Gasteiger partial charge < -0.3 is 10.2 Å². The fraction of sp³-hybridized carbons (Fsp3) is 0.389. The summed E-state index contributed by atoms with van der Waals surface area (Å²) in [5.74, 6) is -0.163. The lowest BCUT2D eigenvalue weighted by Crippen LogP contribution is -2.40. The maximum atomic E-state index is 12.8. The topological polar surface area (TPSA) is 83.1 Å². The summed E-state index contributed by atoms with van der Waals surface area (Å²) in [6.07, 6.45) is 0.278. The second kappa shape index (κ2) is 7.71. The molecule has 1 atom stereocenters. The van der Waals surface area contributed by atoms with E-state index in [1.807, 2.05) is 43.3 Å². The molecule has 2 rings (SSSR count). The van der Waals surface area contributed by atoms with E-state index in [4.69, 9.17) is 5.26 Å². The van der Waals surface area contributed by atoms with Gasteiger partial charge in [0.1, 0.15) is 11.7 Å². The van der Waals surface area contributed by atoms with Crippen LogP contribution in [-0.4, -0.2) is 39.8 Å². The molecule has 1 N–H and O–H groups in total. The number of amides is 1. The molecule has 1 heterocycles. The second-order valence-electron chi connectivity index (χ2n) is 5.97. The van der Waals surface area contributed by atoms with Crippen LogP contribution in [0, 0.1) is 18.3 Å². The molecule has 1 amide bonds. The lowest BCUT2D eigenvalue weighted by atomic mass is 10.2. The summed E-state index contributed by atoms with van der Waals surface area (Å²) in [5, 5.41) is 11.7. The van der Waals surface area contributed by atoms with E-state index < -0.39 is 6.04 Å². The van der Waals surface area contributed by atoms with Crippen molar-refractivity contribution in [1.82, 2.24) is 14.3 Å². The molecule has 0 spiro atoms. The number of benzene rings is 1. The van der Waals surface area contributed by atoms with Gasteiger partial charge in [-0.25, -0.2) is 4.68 Å². The molecule has 0 saturated carbocycles. The van der Waals surface area contributed by atoms with Gasteiger partial charge in [-0.05, 0) is 26.0 Å². The molecule has 1 aromatic heterocycles. The Morgan fingerprint density at radius 1 is 1.36 bits per heavy atom. The van der Waals surface area contributed by atoms with Crippen molar-refractivity contribution in [2.45, 2.75) is 26.3 Å². The summed E-state index contributed by atoms with van der Waals surface area (Å²) in [5.41, 5.74) is 1.70. The molecule has 0 fully saturated rings. The monoisotopic (exact) mass is 341 g/mol. The number of nitriles is 1. The van der Waals surface area contributed by atoms with E-state index in [1.54, 1.807) is 30.4 Å². The van der Waals surface area contributed by atoms with Crippen molar-refractivity contribution in [2.24, 2.45) is 7.05 Å². The average Bonchev–Trinajstić information content (AvgIpc) is 2.83. The first-order chi connectivity index (χ1) is 11.9. The normalized spacial score (nSPS) is 11.6. The van der Waals surface area contributed by atoms with Gasteiger partial charge in [0.25, 0.3) is 5.56 Å². The zero-order valence-corrected chi connectivity index (χ0v) is 15.0. The predicted octanol–water partition coefficient (Wildman–Crippen LogP) is 1.66. The summed E-state index contributed by atoms with van der Waals surface area (Å²) in [7, 11) is 3.46. The van der Waals surface area contributed by atoms with E-state index in [2.05, 4.69) is 5.32 Å². The third-order valence-electron chi connectivity index (χ3n) is 4.22. The van der Waals surface area contributed by atoms with Gasteiger partial charge in [0.2, 0.25) is 5.91 Å². The van der Waals surface area contributed by atoms with Crippen molar-refractivity contribution in [3.63, 3.8) is 0 Å². The van der Waals surface area contributed by atoms with Crippen LogP contribution in [0.25, 0.3) is 5.69 Å². The van der Waals surface area contributed by atoms with E-state index >= 15 is 0 Å². The van der Waals surface area contributed by atoms with Gasteiger partial charge in [-0.3, -0.25) is 14.3 Å². The Morgan fingerprint density at radius 2 is 2.00 bits per heavy atom. The predicted molar refractivity (Wildman–Crippen MR) is 96.7 cm³/mol. The van der Waals surface area contributed by atoms with Crippen molar-refractivity contribution in [3.8, 4) is 11.8 Å². The molecule has 0 aliphatic carbocycles. The maximum absolute atomic E-state index is 12.8. The number of carbonyl (C=O) groups excluding carboxylic acids is 1. The van der Waals surface area contributed by atoms with Crippen molar-refractivity contribution in [1.29, 1.82) is 5.26 Å². The quantitative estimate of drug-likeness (QED) is 0.866. The third-order valence-corrected chi connectivity index (χ3v) is 4.22. The number of rotatable bonds is 6. The molecular weight excluding hydrogens is 318 g/mol. The summed E-state index contributed by atoms with van der Waals surface area (Å²) >= 11 is 0. The number of hydrogen-bond donors (Lipinski definition) is 1. The van der Waals surface area contributed by atoms with Gasteiger partial charge >= 0.3 is 0 Å². The highest BCUT2D eigenvalue weighted by molar-refractivity contribution is 5.84. The first kappa shape index (κ1) is 18.3. The minimum Gasteiger partial charge on any atom is -0.368 e. The molecule has 0 saturated heterocycles. The Hall–Kier alpha value is -3.01. The zero-order valence-electron chi connectivity index (χ0n) is 15.0. The summed E-state index contributed by atoms with van der Waals surface area (Å²) < 4.78 is 3.32. The van der Waals surface area contributed by atoms with Crippen LogP contribution >= 0.6 is 0 Å². The number of anilines is 1. The Bertz CT molecular complexity index is 845. The Kier molecular flexibility index (Phi) is 5.65. The molecule has 7 heteroatoms. The van der Waals surface area contributed by atoms with Crippen LogP contribution < -0.4 is 10.9 Å². The highest BCUT2D eigenvalue weighted by Crippen LogP contribution is 2.15. The molecule has 0 aliphatic heterocycles. The van der Waals surface area contributed by atoms with Gasteiger partial charge in [0.15, 0.2) is 0 Å². The molecule has 0 bridgehead atoms. The first-order valence-corrected chi connectivity index (χ1v) is 8.11. The standard InChI is InChI=1S/C18H23N5O2/c1-13(17(24)21(3)12-8-11-19)20-16-14(2)22(4)23(18(16)25)15-9-6-5-7-10-15/h5-7,9-10,13,20H,8,12H2,1-4H3. The lowest BCUT2D eigenvalue weighted by molar-refractivity contribution is -0.130. The number of likely N-dealkylation sites (N-methyl/N-ethyl adjacent to an activating group) is 1. The van der Waals surface area contributed by atoms with Crippen LogP contribution in [0.2, 0.25) is 0 Å². The van der Waals surface area contributed by atoms with Crippen LogP contribution in [0.1, 0.15) is 19.0 Å². The lowest BCUT2D eigenvalue weighted by Gasteiger charge is -2.21. The Balaban J connectivity index is 2.28. The van der Waals surface area contributed by atoms with Crippen LogP contribution in [-0.2, 0) is 11.8 Å². The molecule has 0 radical (unpaired) electrons. The number of nitrogens with zero attached hydrogens (tertiary/aromatic N) is 4. The van der Waals surface area contributed by atoms with Gasteiger partial charge in [-0.1, -0.05) is 18.2 Å². The average molecular weight is 341 g/mol. The fourth-order valence-corrected chi connectivity index (χ4v) is 2.67. The molecule has 132 valence electrons. The Labute approximate surface area is 147 Å². The highest BCUT2D eigenvalue weighted by atomic mass is 16.2. The number of carbonyl (C=O) groups is 1. The van der Waals surface area contributed by atoms with E-state index in [0.29, 0.717) is 12.2 Å². The maximum Gasteiger partial charge on any atom is 0.295 e. The smallest absolute Gasteiger partial charge is 0.295 e. The van der Waals surface area contributed by atoms with Crippen LogP contribution in [0.15, 0.2) is 35.1 Å². The van der Waals surface area contributed by atoms with Crippen molar-refractivity contribution < 1.29 is 4.79 Å². The summed E-state index contributed by atoms with van der Waals surface area (Å²) in [4.78, 5) is 26.7. The van der Waals surface area contributed by atoms with Gasteiger partial charge in [-0.15, -0.1) is 0 Å². The van der Waals surface area contributed by atoms with Gasteiger partial charge in [0, 0.05) is 20.6 Å². The van der Waals surface area contributed by atoms with E-state index in [9.17, 15) is 9.59 Å². The molecule has 2 aromatic rings. The van der Waals surface area contributed by atoms with E-state index in [-0.39, 0.29) is 17.9 Å². The van der Waals surface area contributed by atoms with Crippen LogP contribution in [0.5, 0.6) is 0 Å². The summed E-state index contributed by atoms with van der Waals surface area (Å²) in [6.45, 7) is 3.91. The SMILES string of the molecule is Cc1c(NC(C)C(=O)N(C)CCC#N)c(=O)n(-c2ccccc2)n1C. The van der Waals surface area contributed by atoms with E-state index in [0.717, 1.165) is 11.4 Å². The number of aromatic nitrogens is 2. The van der Waals surface area contributed by atoms with Gasteiger partial charge in [-0.2, -0.15) is 5.26 Å². The van der Waals surface area contributed by atoms with Crippen molar-refractivity contribution in [2.75, 3.05) is 18.9 Å². The van der Waals surface area contributed by atoms with Crippen LogP contribution in [0.4, 0.5) is 5.69 Å². The number of hydrogen-bond acceptors (Lipinski definition) is 4. The van der Waals surface area contributed by atoms with Crippen molar-refractivity contribution >= 4 is 11.6 Å². The van der Waals surface area contributed by atoms with Crippen molar-refractivity contribution in [3.05, 3.63) is 46.4 Å². The molecule has 1 unspecified atom stereocenters. The molecule has 1 aromatic carbocycles. The Morgan fingerprint density at radius 3 is 2.60 bits per heavy atom. The third kappa shape index (κ3) is 3.74. The molecule has 0 aliphatic rings. The highest BCUT2D eigenvalue weighted by Gasteiger charge is 2.22.